The maximum absolute atomic E-state index is 12.1. The Balaban J connectivity index is 1.92. The van der Waals surface area contributed by atoms with Gasteiger partial charge in [0.05, 0.1) is 5.56 Å². The van der Waals surface area contributed by atoms with Crippen LogP contribution in [0, 0.1) is 12.8 Å². The number of nitrogens with zero attached hydrogens (tertiary/aromatic N) is 3. The lowest BCUT2D eigenvalue weighted by Crippen LogP contribution is -2.35. The van der Waals surface area contributed by atoms with Crippen molar-refractivity contribution >= 4 is 17.8 Å². The molecule has 8 nitrogen and oxygen atoms in total. The number of rotatable bonds is 4. The third kappa shape index (κ3) is 4.81. The Hall–Kier alpha value is -2.38. The summed E-state index contributed by atoms with van der Waals surface area (Å²) in [6.45, 7) is 9.16. The van der Waals surface area contributed by atoms with E-state index < -0.39 is 11.5 Å². The molecule has 2 amide bonds. The normalized spacial score (nSPS) is 17.7. The minimum atomic E-state index is -0.570. The number of ether oxygens (including phenoxy) is 1. The number of carbonyl (C=O) groups is 2. The van der Waals surface area contributed by atoms with Crippen LogP contribution < -0.4 is 11.1 Å². The lowest BCUT2D eigenvalue weighted by molar-refractivity contribution is 0.0289. The van der Waals surface area contributed by atoms with Gasteiger partial charge in [0.25, 0.3) is 5.91 Å². The molecule has 0 saturated carbocycles. The van der Waals surface area contributed by atoms with Gasteiger partial charge in [0.15, 0.2) is 0 Å². The molecule has 1 fully saturated rings. The van der Waals surface area contributed by atoms with Gasteiger partial charge >= 0.3 is 6.09 Å². The van der Waals surface area contributed by atoms with Crippen molar-refractivity contribution in [2.45, 2.75) is 39.7 Å². The predicted molar refractivity (Wildman–Crippen MR) is 89.7 cm³/mol. The van der Waals surface area contributed by atoms with Crippen LogP contribution in [0.15, 0.2) is 6.20 Å². The molecule has 0 aliphatic carbocycles. The molecule has 1 aromatic heterocycles. The van der Waals surface area contributed by atoms with E-state index in [9.17, 15) is 9.59 Å². The first-order chi connectivity index (χ1) is 11.2. The molecule has 2 rings (SSSR count). The highest BCUT2D eigenvalue weighted by Gasteiger charge is 2.29. The first kappa shape index (κ1) is 18.0. The number of hydrogen-bond donors (Lipinski definition) is 2. The molecule has 0 aromatic carbocycles. The fourth-order valence-corrected chi connectivity index (χ4v) is 2.52. The zero-order chi connectivity index (χ0) is 17.9. The molecule has 8 heteroatoms. The molecular formula is C16H25N5O3. The van der Waals surface area contributed by atoms with E-state index in [0.29, 0.717) is 31.3 Å². The lowest BCUT2D eigenvalue weighted by Gasteiger charge is -2.24. The number of hydrogen-bond acceptors (Lipinski definition) is 6. The van der Waals surface area contributed by atoms with Crippen molar-refractivity contribution in [3.05, 3.63) is 17.6 Å². The number of likely N-dealkylation sites (tertiary alicyclic amines) is 1. The van der Waals surface area contributed by atoms with Crippen LogP contribution in [0.3, 0.4) is 0 Å². The Morgan fingerprint density at radius 2 is 2.17 bits per heavy atom. The van der Waals surface area contributed by atoms with E-state index in [0.717, 1.165) is 6.42 Å². The van der Waals surface area contributed by atoms with Crippen LogP contribution in [0.1, 0.15) is 43.4 Å². The highest BCUT2D eigenvalue weighted by Crippen LogP contribution is 2.20. The first-order valence-corrected chi connectivity index (χ1v) is 8.01. The van der Waals surface area contributed by atoms with Crippen LogP contribution in [-0.4, -0.2) is 52.1 Å². The van der Waals surface area contributed by atoms with Gasteiger partial charge in [-0.05, 0) is 40.0 Å². The van der Waals surface area contributed by atoms with Gasteiger partial charge in [-0.25, -0.2) is 14.8 Å². The van der Waals surface area contributed by atoms with Crippen molar-refractivity contribution in [1.82, 2.24) is 14.9 Å². The summed E-state index contributed by atoms with van der Waals surface area (Å²) in [7, 11) is 0. The minimum Gasteiger partial charge on any atom is -0.444 e. The van der Waals surface area contributed by atoms with E-state index in [-0.39, 0.29) is 17.6 Å². The van der Waals surface area contributed by atoms with E-state index in [4.69, 9.17) is 10.5 Å². The van der Waals surface area contributed by atoms with Gasteiger partial charge in [0.1, 0.15) is 17.2 Å². The Morgan fingerprint density at radius 3 is 2.79 bits per heavy atom. The maximum Gasteiger partial charge on any atom is 0.410 e. The first-order valence-electron chi connectivity index (χ1n) is 8.01. The van der Waals surface area contributed by atoms with Crippen molar-refractivity contribution in [3.63, 3.8) is 0 Å². The highest BCUT2D eigenvalue weighted by molar-refractivity contribution is 5.97. The molecule has 1 unspecified atom stereocenters. The Labute approximate surface area is 141 Å². The number of nitrogens with two attached hydrogens (primary N) is 1. The van der Waals surface area contributed by atoms with Crippen LogP contribution in [0.5, 0.6) is 0 Å². The Morgan fingerprint density at radius 1 is 1.46 bits per heavy atom. The second kappa shape index (κ2) is 7.02. The zero-order valence-electron chi connectivity index (χ0n) is 14.6. The SMILES string of the molecule is Cc1ncc(C(N)=O)c(NCC2CCN(C(=O)OC(C)(C)C)C2)n1. The molecule has 0 spiro atoms. The molecule has 1 aliphatic heterocycles. The van der Waals surface area contributed by atoms with Gasteiger partial charge in [-0.15, -0.1) is 0 Å². The number of amides is 2. The van der Waals surface area contributed by atoms with Crippen molar-refractivity contribution in [2.24, 2.45) is 11.7 Å². The van der Waals surface area contributed by atoms with Gasteiger partial charge in [-0.1, -0.05) is 0 Å². The molecule has 24 heavy (non-hydrogen) atoms. The topological polar surface area (TPSA) is 110 Å². The van der Waals surface area contributed by atoms with Crippen LogP contribution in [0.4, 0.5) is 10.6 Å². The smallest absolute Gasteiger partial charge is 0.410 e. The number of primary amides is 1. The number of nitrogens with one attached hydrogen (secondary N) is 1. The van der Waals surface area contributed by atoms with Crippen molar-refractivity contribution < 1.29 is 14.3 Å². The summed E-state index contributed by atoms with van der Waals surface area (Å²) in [5, 5.41) is 3.15. The summed E-state index contributed by atoms with van der Waals surface area (Å²) in [6.07, 6.45) is 2.00. The molecular weight excluding hydrogens is 310 g/mol. The average molecular weight is 335 g/mol. The molecule has 2 heterocycles. The molecule has 1 atom stereocenters. The van der Waals surface area contributed by atoms with Gasteiger partial charge in [0, 0.05) is 25.8 Å². The molecule has 0 bridgehead atoms. The van der Waals surface area contributed by atoms with Gasteiger partial charge in [-0.2, -0.15) is 0 Å². The second-order valence-electron chi connectivity index (χ2n) is 7.01. The summed E-state index contributed by atoms with van der Waals surface area (Å²) in [4.78, 5) is 33.4. The van der Waals surface area contributed by atoms with E-state index in [2.05, 4.69) is 15.3 Å². The third-order valence-electron chi connectivity index (χ3n) is 3.67. The number of aryl methyl sites for hydroxylation is 1. The standard InChI is InChI=1S/C16H25N5O3/c1-10-18-8-12(13(17)22)14(20-10)19-7-11-5-6-21(9-11)15(23)24-16(2,3)4/h8,11H,5-7,9H2,1-4H3,(H2,17,22)(H,18,19,20). The fraction of sp³-hybridized carbons (Fsp3) is 0.625. The maximum atomic E-state index is 12.1. The molecule has 0 radical (unpaired) electrons. The van der Waals surface area contributed by atoms with Gasteiger partial charge < -0.3 is 20.7 Å². The predicted octanol–water partition coefficient (Wildman–Crippen LogP) is 1.55. The molecule has 1 aliphatic rings. The van der Waals surface area contributed by atoms with E-state index in [1.54, 1.807) is 11.8 Å². The number of aromatic nitrogens is 2. The highest BCUT2D eigenvalue weighted by atomic mass is 16.6. The van der Waals surface area contributed by atoms with Gasteiger partial charge in [-0.3, -0.25) is 4.79 Å². The lowest BCUT2D eigenvalue weighted by atomic mass is 10.1. The summed E-state index contributed by atoms with van der Waals surface area (Å²) >= 11 is 0. The summed E-state index contributed by atoms with van der Waals surface area (Å²) in [5.74, 6) is 0.683. The van der Waals surface area contributed by atoms with E-state index >= 15 is 0 Å². The van der Waals surface area contributed by atoms with E-state index in [1.165, 1.54) is 6.20 Å². The van der Waals surface area contributed by atoms with Crippen LogP contribution in [0.25, 0.3) is 0 Å². The summed E-state index contributed by atoms with van der Waals surface area (Å²) in [5.41, 5.74) is 5.11. The molecule has 3 N–H and O–H groups in total. The summed E-state index contributed by atoms with van der Waals surface area (Å²) in [6, 6.07) is 0. The van der Waals surface area contributed by atoms with Gasteiger partial charge in [0.2, 0.25) is 0 Å². The zero-order valence-corrected chi connectivity index (χ0v) is 14.6. The molecule has 1 aromatic rings. The number of anilines is 1. The van der Waals surface area contributed by atoms with Crippen molar-refractivity contribution in [1.29, 1.82) is 0 Å². The quantitative estimate of drug-likeness (QED) is 0.864. The Kier molecular flexibility index (Phi) is 5.26. The monoisotopic (exact) mass is 335 g/mol. The fourth-order valence-electron chi connectivity index (χ4n) is 2.52. The minimum absolute atomic E-state index is 0.258. The van der Waals surface area contributed by atoms with Crippen molar-refractivity contribution in [3.8, 4) is 0 Å². The molecule has 1 saturated heterocycles. The summed E-state index contributed by atoms with van der Waals surface area (Å²) < 4.78 is 5.38. The average Bonchev–Trinajstić information content (AvgIpc) is 2.92. The largest absolute Gasteiger partial charge is 0.444 e. The molecule has 132 valence electrons. The van der Waals surface area contributed by atoms with Crippen LogP contribution >= 0.6 is 0 Å². The van der Waals surface area contributed by atoms with E-state index in [1.807, 2.05) is 20.8 Å². The van der Waals surface area contributed by atoms with Crippen LogP contribution in [0.2, 0.25) is 0 Å². The van der Waals surface area contributed by atoms with Crippen LogP contribution in [-0.2, 0) is 4.74 Å². The third-order valence-corrected chi connectivity index (χ3v) is 3.67. The number of carbonyl (C=O) groups excluding carboxylic acids is 2. The van der Waals surface area contributed by atoms with Crippen molar-refractivity contribution in [2.75, 3.05) is 25.0 Å². The Bertz CT molecular complexity index is 627. The second-order valence-corrected chi connectivity index (χ2v) is 7.01.